The number of benzene rings is 1. The van der Waals surface area contributed by atoms with Gasteiger partial charge in [0.25, 0.3) is 0 Å². The van der Waals surface area contributed by atoms with Gasteiger partial charge in [-0.15, -0.1) is 0 Å². The lowest BCUT2D eigenvalue weighted by atomic mass is 9.95. The maximum Gasteiger partial charge on any atom is 0.00985 e. The van der Waals surface area contributed by atoms with E-state index in [0.29, 0.717) is 0 Å². The largest absolute Gasteiger partial charge is 0.300 e. The van der Waals surface area contributed by atoms with Crippen molar-refractivity contribution in [2.45, 2.75) is 51.0 Å². The van der Waals surface area contributed by atoms with Crippen molar-refractivity contribution < 1.29 is 0 Å². The summed E-state index contributed by atoms with van der Waals surface area (Å²) in [5, 5.41) is 0. The van der Waals surface area contributed by atoms with Gasteiger partial charge in [0, 0.05) is 12.6 Å². The summed E-state index contributed by atoms with van der Waals surface area (Å²) < 4.78 is 0. The zero-order valence-corrected chi connectivity index (χ0v) is 11.4. The van der Waals surface area contributed by atoms with Crippen LogP contribution < -0.4 is 0 Å². The van der Waals surface area contributed by atoms with E-state index in [9.17, 15) is 0 Å². The number of hydrogen-bond donors (Lipinski definition) is 0. The molecule has 1 atom stereocenters. The molecule has 1 nitrogen and oxygen atoms in total. The molecule has 1 aromatic carbocycles. The molecule has 18 heavy (non-hydrogen) atoms. The monoisotopic (exact) mass is 243 g/mol. The Morgan fingerprint density at radius 3 is 2.61 bits per heavy atom. The van der Waals surface area contributed by atoms with Gasteiger partial charge in [-0.25, -0.2) is 0 Å². The summed E-state index contributed by atoms with van der Waals surface area (Å²) in [5.74, 6) is 1.04. The first-order valence-corrected chi connectivity index (χ1v) is 7.70. The second-order valence-corrected chi connectivity index (χ2v) is 6.11. The second kappa shape index (κ2) is 5.88. The molecule has 98 valence electrons. The predicted octanol–water partition coefficient (Wildman–Crippen LogP) is 3.88. The molecule has 1 unspecified atom stereocenters. The van der Waals surface area contributed by atoms with Crippen LogP contribution in [0.3, 0.4) is 0 Å². The molecule has 1 saturated heterocycles. The van der Waals surface area contributed by atoms with Crippen LogP contribution in [0.15, 0.2) is 30.3 Å². The van der Waals surface area contributed by atoms with Gasteiger partial charge < -0.3 is 4.90 Å². The molecule has 2 aliphatic rings. The first-order chi connectivity index (χ1) is 8.92. The zero-order chi connectivity index (χ0) is 12.2. The Bertz CT molecular complexity index is 355. The topological polar surface area (TPSA) is 3.24 Å². The first kappa shape index (κ1) is 12.2. The maximum atomic E-state index is 2.80. The van der Waals surface area contributed by atoms with E-state index in [0.717, 1.165) is 12.0 Å². The Balaban J connectivity index is 1.52. The predicted molar refractivity (Wildman–Crippen MR) is 76.7 cm³/mol. The fraction of sp³-hybridized carbons (Fsp3) is 0.647. The Hall–Kier alpha value is -0.820. The summed E-state index contributed by atoms with van der Waals surface area (Å²) in [6.07, 6.45) is 9.89. The average Bonchev–Trinajstić information content (AvgIpc) is 3.23. The van der Waals surface area contributed by atoms with Crippen molar-refractivity contribution in [3.63, 3.8) is 0 Å². The molecule has 1 aliphatic heterocycles. The van der Waals surface area contributed by atoms with Crippen molar-refractivity contribution in [3.05, 3.63) is 35.9 Å². The highest BCUT2D eigenvalue weighted by Gasteiger charge is 2.29. The minimum Gasteiger partial charge on any atom is -0.300 e. The van der Waals surface area contributed by atoms with E-state index in [1.165, 1.54) is 63.6 Å². The van der Waals surface area contributed by atoms with Gasteiger partial charge in [0.05, 0.1) is 0 Å². The fourth-order valence-electron chi connectivity index (χ4n) is 3.24. The maximum absolute atomic E-state index is 2.80. The van der Waals surface area contributed by atoms with Crippen LogP contribution in [-0.2, 0) is 6.42 Å². The zero-order valence-electron chi connectivity index (χ0n) is 11.4. The first-order valence-electron chi connectivity index (χ1n) is 7.70. The van der Waals surface area contributed by atoms with Gasteiger partial charge in [-0.3, -0.25) is 0 Å². The van der Waals surface area contributed by atoms with Crippen molar-refractivity contribution in [1.82, 2.24) is 4.90 Å². The van der Waals surface area contributed by atoms with Crippen molar-refractivity contribution in [2.75, 3.05) is 13.1 Å². The Kier molecular flexibility index (Phi) is 3.99. The molecule has 1 aromatic rings. The van der Waals surface area contributed by atoms with Gasteiger partial charge in [0.15, 0.2) is 0 Å². The minimum absolute atomic E-state index is 0.861. The third-order valence-corrected chi connectivity index (χ3v) is 4.55. The van der Waals surface area contributed by atoms with E-state index in [1.807, 2.05) is 0 Å². The van der Waals surface area contributed by atoms with Crippen molar-refractivity contribution >= 4 is 0 Å². The lowest BCUT2D eigenvalue weighted by molar-refractivity contribution is 0.134. The number of hydrogen-bond acceptors (Lipinski definition) is 1. The summed E-state index contributed by atoms with van der Waals surface area (Å²) in [7, 11) is 0. The SMILES string of the molecule is c1ccc(CCC2CCCCN2CC2CC2)cc1. The van der Waals surface area contributed by atoms with Crippen LogP contribution in [0.5, 0.6) is 0 Å². The summed E-state index contributed by atoms with van der Waals surface area (Å²) in [5.41, 5.74) is 1.51. The molecule has 0 N–H and O–H groups in total. The summed E-state index contributed by atoms with van der Waals surface area (Å²) in [6.45, 7) is 2.75. The highest BCUT2D eigenvalue weighted by Crippen LogP contribution is 2.32. The summed E-state index contributed by atoms with van der Waals surface area (Å²) in [4.78, 5) is 2.80. The number of likely N-dealkylation sites (tertiary alicyclic amines) is 1. The third-order valence-electron chi connectivity index (χ3n) is 4.55. The molecule has 3 rings (SSSR count). The quantitative estimate of drug-likeness (QED) is 0.758. The van der Waals surface area contributed by atoms with Gasteiger partial charge in [0.1, 0.15) is 0 Å². The van der Waals surface area contributed by atoms with Crippen molar-refractivity contribution in [3.8, 4) is 0 Å². The van der Waals surface area contributed by atoms with Crippen LogP contribution in [0.4, 0.5) is 0 Å². The van der Waals surface area contributed by atoms with Gasteiger partial charge in [-0.05, 0) is 56.6 Å². The highest BCUT2D eigenvalue weighted by atomic mass is 15.2. The van der Waals surface area contributed by atoms with E-state index >= 15 is 0 Å². The summed E-state index contributed by atoms with van der Waals surface area (Å²) in [6, 6.07) is 11.8. The van der Waals surface area contributed by atoms with Crippen LogP contribution in [-0.4, -0.2) is 24.0 Å². The molecular weight excluding hydrogens is 218 g/mol. The van der Waals surface area contributed by atoms with Gasteiger partial charge in [-0.1, -0.05) is 36.8 Å². The summed E-state index contributed by atoms with van der Waals surface area (Å²) >= 11 is 0. The van der Waals surface area contributed by atoms with Crippen LogP contribution in [0, 0.1) is 5.92 Å². The number of aryl methyl sites for hydroxylation is 1. The van der Waals surface area contributed by atoms with Gasteiger partial charge in [-0.2, -0.15) is 0 Å². The average molecular weight is 243 g/mol. The van der Waals surface area contributed by atoms with E-state index in [2.05, 4.69) is 35.2 Å². The fourth-order valence-corrected chi connectivity index (χ4v) is 3.24. The lowest BCUT2D eigenvalue weighted by Gasteiger charge is -2.36. The highest BCUT2D eigenvalue weighted by molar-refractivity contribution is 5.14. The smallest absolute Gasteiger partial charge is 0.00985 e. The third kappa shape index (κ3) is 3.35. The van der Waals surface area contributed by atoms with E-state index < -0.39 is 0 Å². The Morgan fingerprint density at radius 1 is 1.00 bits per heavy atom. The molecule has 0 radical (unpaired) electrons. The number of nitrogens with zero attached hydrogens (tertiary/aromatic N) is 1. The molecular formula is C17H25N. The Labute approximate surface area is 111 Å². The van der Waals surface area contributed by atoms with E-state index in [4.69, 9.17) is 0 Å². The molecule has 0 spiro atoms. The Morgan fingerprint density at radius 2 is 1.83 bits per heavy atom. The van der Waals surface area contributed by atoms with E-state index in [-0.39, 0.29) is 0 Å². The molecule has 2 fully saturated rings. The standard InChI is InChI=1S/C17H25N/c1-2-6-15(7-3-1)11-12-17-8-4-5-13-18(17)14-16-9-10-16/h1-3,6-7,16-17H,4-5,8-14H2. The van der Waals surface area contributed by atoms with Gasteiger partial charge >= 0.3 is 0 Å². The van der Waals surface area contributed by atoms with Crippen LogP contribution in [0.25, 0.3) is 0 Å². The molecule has 0 aromatic heterocycles. The van der Waals surface area contributed by atoms with Crippen molar-refractivity contribution in [2.24, 2.45) is 5.92 Å². The van der Waals surface area contributed by atoms with Crippen LogP contribution >= 0.6 is 0 Å². The van der Waals surface area contributed by atoms with E-state index in [1.54, 1.807) is 0 Å². The number of rotatable bonds is 5. The molecule has 1 heterocycles. The lowest BCUT2D eigenvalue weighted by Crippen LogP contribution is -2.40. The molecule has 1 saturated carbocycles. The number of piperidine rings is 1. The van der Waals surface area contributed by atoms with Crippen LogP contribution in [0.1, 0.15) is 44.1 Å². The molecule has 0 bridgehead atoms. The minimum atomic E-state index is 0.861. The molecule has 1 aliphatic carbocycles. The normalized spacial score (nSPS) is 25.2. The molecule has 0 amide bonds. The van der Waals surface area contributed by atoms with Crippen LogP contribution in [0.2, 0.25) is 0 Å². The second-order valence-electron chi connectivity index (χ2n) is 6.11. The van der Waals surface area contributed by atoms with Gasteiger partial charge in [0.2, 0.25) is 0 Å². The molecule has 1 heteroatoms. The van der Waals surface area contributed by atoms with Crippen molar-refractivity contribution in [1.29, 1.82) is 0 Å².